The lowest BCUT2D eigenvalue weighted by Crippen LogP contribution is -2.21. The second-order valence-corrected chi connectivity index (χ2v) is 4.43. The summed E-state index contributed by atoms with van der Waals surface area (Å²) in [5, 5.41) is 7.53. The van der Waals surface area contributed by atoms with Crippen molar-refractivity contribution in [2.24, 2.45) is 0 Å². The maximum atomic E-state index is 11.7. The lowest BCUT2D eigenvalue weighted by Gasteiger charge is -2.10. The summed E-state index contributed by atoms with van der Waals surface area (Å²) in [7, 11) is 1.62. The van der Waals surface area contributed by atoms with E-state index in [-0.39, 0.29) is 5.56 Å². The molecule has 2 aromatic rings. The molecule has 0 saturated heterocycles. The zero-order valence-electron chi connectivity index (χ0n) is 11.9. The fraction of sp³-hybridized carbons (Fsp3) is 0.429. The Morgan fingerprint density at radius 2 is 2.20 bits per heavy atom. The van der Waals surface area contributed by atoms with Gasteiger partial charge in [0.2, 0.25) is 0 Å². The fourth-order valence-electron chi connectivity index (χ4n) is 1.99. The van der Waals surface area contributed by atoms with Crippen molar-refractivity contribution in [1.82, 2.24) is 14.3 Å². The number of aromatic nitrogens is 3. The highest BCUT2D eigenvalue weighted by atomic mass is 16.5. The van der Waals surface area contributed by atoms with Gasteiger partial charge in [-0.1, -0.05) is 0 Å². The minimum Gasteiger partial charge on any atom is -0.383 e. The van der Waals surface area contributed by atoms with Crippen molar-refractivity contribution in [3.63, 3.8) is 0 Å². The molecule has 2 heterocycles. The Balaban J connectivity index is 2.04. The van der Waals surface area contributed by atoms with Gasteiger partial charge in [-0.2, -0.15) is 5.10 Å². The smallest absolute Gasteiger partial charge is 0.250 e. The first-order valence-electron chi connectivity index (χ1n) is 6.68. The number of ether oxygens (including phenoxy) is 1. The van der Waals surface area contributed by atoms with Gasteiger partial charge in [-0.3, -0.25) is 9.48 Å². The van der Waals surface area contributed by atoms with Gasteiger partial charge >= 0.3 is 0 Å². The van der Waals surface area contributed by atoms with E-state index >= 15 is 0 Å². The largest absolute Gasteiger partial charge is 0.383 e. The normalized spacial score (nSPS) is 10.7. The van der Waals surface area contributed by atoms with Crippen LogP contribution in [0.15, 0.2) is 35.4 Å². The first kappa shape index (κ1) is 14.3. The average molecular weight is 276 g/mol. The Hall–Kier alpha value is -2.08. The minimum atomic E-state index is -0.0220. The third-order valence-corrected chi connectivity index (χ3v) is 3.10. The van der Waals surface area contributed by atoms with Gasteiger partial charge in [0.1, 0.15) is 0 Å². The summed E-state index contributed by atoms with van der Waals surface area (Å²) in [6, 6.07) is 5.34. The highest BCUT2D eigenvalue weighted by Crippen LogP contribution is 2.07. The summed E-state index contributed by atoms with van der Waals surface area (Å²) in [5.41, 5.74) is 2.00. The van der Waals surface area contributed by atoms with Crippen LogP contribution in [0.25, 0.3) is 0 Å². The second kappa shape index (κ2) is 6.91. The third-order valence-electron chi connectivity index (χ3n) is 3.10. The van der Waals surface area contributed by atoms with Crippen LogP contribution in [0.5, 0.6) is 0 Å². The molecule has 0 fully saturated rings. The number of anilines is 1. The van der Waals surface area contributed by atoms with Gasteiger partial charge in [0.05, 0.1) is 24.5 Å². The highest BCUT2D eigenvalue weighted by molar-refractivity contribution is 5.40. The van der Waals surface area contributed by atoms with Crippen molar-refractivity contribution in [2.75, 3.05) is 19.0 Å². The van der Waals surface area contributed by atoms with E-state index in [0.29, 0.717) is 19.7 Å². The molecular formula is C14H20N4O2. The number of hydrogen-bond acceptors (Lipinski definition) is 4. The van der Waals surface area contributed by atoms with E-state index in [1.807, 2.05) is 16.9 Å². The molecule has 0 amide bonds. The molecular weight excluding hydrogens is 256 g/mol. The van der Waals surface area contributed by atoms with Crippen molar-refractivity contribution in [2.45, 2.75) is 26.6 Å². The number of rotatable bonds is 7. The topological polar surface area (TPSA) is 61.1 Å². The summed E-state index contributed by atoms with van der Waals surface area (Å²) in [5.74, 6) is 0. The molecule has 20 heavy (non-hydrogen) atoms. The van der Waals surface area contributed by atoms with Crippen LogP contribution in [0.2, 0.25) is 0 Å². The predicted molar refractivity (Wildman–Crippen MR) is 77.8 cm³/mol. The van der Waals surface area contributed by atoms with E-state index in [1.165, 1.54) is 0 Å². The molecule has 1 N–H and O–H groups in total. The number of nitrogens with zero attached hydrogens (tertiary/aromatic N) is 3. The molecule has 0 saturated carbocycles. The van der Waals surface area contributed by atoms with E-state index in [9.17, 15) is 4.79 Å². The summed E-state index contributed by atoms with van der Waals surface area (Å²) >= 11 is 0. The van der Waals surface area contributed by atoms with Crippen LogP contribution in [-0.4, -0.2) is 28.1 Å². The first-order chi connectivity index (χ1) is 9.74. The molecule has 2 rings (SSSR count). The maximum absolute atomic E-state index is 11.7. The Kier molecular flexibility index (Phi) is 4.95. The molecule has 0 aliphatic rings. The Bertz CT molecular complexity index is 603. The van der Waals surface area contributed by atoms with Crippen LogP contribution in [0.4, 0.5) is 5.69 Å². The van der Waals surface area contributed by atoms with Gasteiger partial charge in [-0.25, -0.2) is 0 Å². The van der Waals surface area contributed by atoms with Crippen LogP contribution in [0.3, 0.4) is 0 Å². The number of aryl methyl sites for hydroxylation is 1. The second-order valence-electron chi connectivity index (χ2n) is 4.43. The molecule has 0 unspecified atom stereocenters. The molecule has 6 heteroatoms. The summed E-state index contributed by atoms with van der Waals surface area (Å²) in [4.78, 5) is 11.7. The molecule has 108 valence electrons. The molecule has 0 spiro atoms. The van der Waals surface area contributed by atoms with Crippen molar-refractivity contribution in [1.29, 1.82) is 0 Å². The van der Waals surface area contributed by atoms with E-state index in [0.717, 1.165) is 17.9 Å². The fourth-order valence-corrected chi connectivity index (χ4v) is 1.99. The monoisotopic (exact) mass is 276 g/mol. The molecule has 0 bridgehead atoms. The summed E-state index contributed by atoms with van der Waals surface area (Å²) in [6.45, 7) is 4.65. The van der Waals surface area contributed by atoms with Crippen LogP contribution >= 0.6 is 0 Å². The van der Waals surface area contributed by atoms with E-state index in [1.54, 1.807) is 30.0 Å². The van der Waals surface area contributed by atoms with Crippen LogP contribution in [0.1, 0.15) is 12.6 Å². The Morgan fingerprint density at radius 1 is 1.35 bits per heavy atom. The predicted octanol–water partition coefficient (Wildman–Crippen LogP) is 1.32. The van der Waals surface area contributed by atoms with Gasteiger partial charge in [0, 0.05) is 38.7 Å². The van der Waals surface area contributed by atoms with Crippen LogP contribution < -0.4 is 10.9 Å². The third kappa shape index (κ3) is 3.48. The van der Waals surface area contributed by atoms with Gasteiger partial charge in [-0.05, 0) is 19.1 Å². The van der Waals surface area contributed by atoms with E-state index in [2.05, 4.69) is 17.3 Å². The van der Waals surface area contributed by atoms with E-state index in [4.69, 9.17) is 4.74 Å². The molecule has 0 aromatic carbocycles. The lowest BCUT2D eigenvalue weighted by atomic mass is 10.3. The quantitative estimate of drug-likeness (QED) is 0.828. The lowest BCUT2D eigenvalue weighted by molar-refractivity contribution is 0.186. The molecule has 0 aliphatic heterocycles. The van der Waals surface area contributed by atoms with Crippen molar-refractivity contribution >= 4 is 5.69 Å². The van der Waals surface area contributed by atoms with Crippen molar-refractivity contribution in [3.8, 4) is 0 Å². The molecule has 0 atom stereocenters. The molecule has 0 aliphatic carbocycles. The summed E-state index contributed by atoms with van der Waals surface area (Å²) < 4.78 is 8.58. The van der Waals surface area contributed by atoms with Crippen molar-refractivity contribution in [3.05, 3.63) is 46.6 Å². The molecule has 2 aromatic heterocycles. The van der Waals surface area contributed by atoms with Crippen LogP contribution in [-0.2, 0) is 24.4 Å². The molecule has 0 radical (unpaired) electrons. The standard InChI is InChI=1S/C14H20N4O2/c1-3-18-13(6-7-16-18)10-15-12-4-5-14(19)17(11-12)8-9-20-2/h4-7,11,15H,3,8-10H2,1-2H3. The van der Waals surface area contributed by atoms with E-state index < -0.39 is 0 Å². The van der Waals surface area contributed by atoms with Crippen molar-refractivity contribution < 1.29 is 4.74 Å². The average Bonchev–Trinajstić information content (AvgIpc) is 2.92. The zero-order chi connectivity index (χ0) is 14.4. The summed E-state index contributed by atoms with van der Waals surface area (Å²) in [6.07, 6.45) is 3.61. The number of pyridine rings is 1. The SMILES string of the molecule is CCn1nccc1CNc1ccc(=O)n(CCOC)c1. The van der Waals surface area contributed by atoms with Gasteiger partial charge < -0.3 is 14.6 Å². The van der Waals surface area contributed by atoms with Gasteiger partial charge in [-0.15, -0.1) is 0 Å². The van der Waals surface area contributed by atoms with Crippen LogP contribution in [0, 0.1) is 0 Å². The zero-order valence-corrected chi connectivity index (χ0v) is 11.9. The van der Waals surface area contributed by atoms with Gasteiger partial charge in [0.15, 0.2) is 0 Å². The first-order valence-corrected chi connectivity index (χ1v) is 6.68. The Morgan fingerprint density at radius 3 is 2.95 bits per heavy atom. The Labute approximate surface area is 118 Å². The van der Waals surface area contributed by atoms with Gasteiger partial charge in [0.25, 0.3) is 5.56 Å². The number of methoxy groups -OCH3 is 1. The highest BCUT2D eigenvalue weighted by Gasteiger charge is 2.02. The number of nitrogens with one attached hydrogen (secondary N) is 1. The minimum absolute atomic E-state index is 0.0220. The molecule has 6 nitrogen and oxygen atoms in total. The number of hydrogen-bond donors (Lipinski definition) is 1. The maximum Gasteiger partial charge on any atom is 0.250 e.